The third-order valence-corrected chi connectivity index (χ3v) is 3.42. The highest BCUT2D eigenvalue weighted by atomic mass is 16.4. The van der Waals surface area contributed by atoms with Gasteiger partial charge in [0, 0.05) is 12.2 Å². The lowest BCUT2D eigenvalue weighted by Gasteiger charge is -2.15. The van der Waals surface area contributed by atoms with Crippen LogP contribution in [0.15, 0.2) is 34.7 Å². The smallest absolute Gasteiger partial charge is 0.335 e. The molecule has 5 nitrogen and oxygen atoms in total. The van der Waals surface area contributed by atoms with Crippen molar-refractivity contribution in [1.29, 1.82) is 0 Å². The van der Waals surface area contributed by atoms with E-state index in [9.17, 15) is 9.59 Å². The van der Waals surface area contributed by atoms with Crippen LogP contribution in [0.25, 0.3) is 0 Å². The average Bonchev–Trinajstić information content (AvgIpc) is 3.03. The van der Waals surface area contributed by atoms with Crippen LogP contribution in [0.1, 0.15) is 32.2 Å². The zero-order chi connectivity index (χ0) is 14.3. The van der Waals surface area contributed by atoms with Crippen molar-refractivity contribution in [2.75, 3.05) is 11.4 Å². The summed E-state index contributed by atoms with van der Waals surface area (Å²) in [4.78, 5) is 24.9. The van der Waals surface area contributed by atoms with Gasteiger partial charge in [0.15, 0.2) is 5.76 Å². The molecular formula is C15H13NO4. The number of amides is 1. The van der Waals surface area contributed by atoms with E-state index in [4.69, 9.17) is 9.52 Å². The van der Waals surface area contributed by atoms with E-state index in [1.807, 2.05) is 0 Å². The summed E-state index contributed by atoms with van der Waals surface area (Å²) >= 11 is 0. The van der Waals surface area contributed by atoms with E-state index in [0.717, 1.165) is 11.3 Å². The largest absolute Gasteiger partial charge is 0.478 e. The van der Waals surface area contributed by atoms with Gasteiger partial charge in [-0.15, -0.1) is 0 Å². The van der Waals surface area contributed by atoms with Crippen LogP contribution in [0.4, 0.5) is 5.69 Å². The number of hydrogen-bond donors (Lipinski definition) is 1. The van der Waals surface area contributed by atoms with Gasteiger partial charge in [-0.05, 0) is 49.2 Å². The number of carbonyl (C=O) groups is 2. The van der Waals surface area contributed by atoms with Gasteiger partial charge in [0.05, 0.1) is 5.56 Å². The number of aromatic carboxylic acids is 1. The topological polar surface area (TPSA) is 70.8 Å². The molecule has 0 radical (unpaired) electrons. The van der Waals surface area contributed by atoms with Crippen molar-refractivity contribution in [2.24, 2.45) is 0 Å². The van der Waals surface area contributed by atoms with Gasteiger partial charge in [-0.3, -0.25) is 4.79 Å². The van der Waals surface area contributed by atoms with E-state index in [-0.39, 0.29) is 11.5 Å². The Kier molecular flexibility index (Phi) is 2.82. The number of carboxylic acids is 1. The first-order valence-corrected chi connectivity index (χ1v) is 6.31. The molecular weight excluding hydrogens is 258 g/mol. The van der Waals surface area contributed by atoms with E-state index >= 15 is 0 Å². The molecule has 20 heavy (non-hydrogen) atoms. The molecule has 1 N–H and O–H groups in total. The number of anilines is 1. The number of nitrogens with zero attached hydrogens (tertiary/aromatic N) is 1. The van der Waals surface area contributed by atoms with Crippen molar-refractivity contribution in [3.05, 3.63) is 53.0 Å². The molecule has 1 amide bonds. The van der Waals surface area contributed by atoms with Crippen LogP contribution in [-0.4, -0.2) is 23.5 Å². The van der Waals surface area contributed by atoms with Crippen LogP contribution in [0.2, 0.25) is 0 Å². The number of carbonyl (C=O) groups excluding carboxylic acids is 1. The molecule has 0 saturated carbocycles. The zero-order valence-electron chi connectivity index (χ0n) is 10.9. The number of benzene rings is 1. The number of fused-ring (bicyclic) bond motifs is 1. The number of rotatable bonds is 2. The minimum Gasteiger partial charge on any atom is -0.478 e. The monoisotopic (exact) mass is 271 g/mol. The molecule has 1 aliphatic rings. The minimum absolute atomic E-state index is 0.195. The molecule has 2 heterocycles. The van der Waals surface area contributed by atoms with Crippen molar-refractivity contribution in [3.8, 4) is 0 Å². The van der Waals surface area contributed by atoms with Gasteiger partial charge in [0.2, 0.25) is 0 Å². The van der Waals surface area contributed by atoms with Crippen molar-refractivity contribution in [2.45, 2.75) is 13.3 Å². The second-order valence-corrected chi connectivity index (χ2v) is 4.77. The summed E-state index contributed by atoms with van der Waals surface area (Å²) in [7, 11) is 0. The Bertz CT molecular complexity index is 702. The molecule has 1 aromatic heterocycles. The molecule has 0 fully saturated rings. The fraction of sp³-hybridized carbons (Fsp3) is 0.200. The second-order valence-electron chi connectivity index (χ2n) is 4.77. The lowest BCUT2D eigenvalue weighted by molar-refractivity contribution is 0.0696. The molecule has 102 valence electrons. The number of carboxylic acid groups (broad SMARTS) is 1. The first kappa shape index (κ1) is 12.5. The predicted octanol–water partition coefficient (Wildman–Crippen LogP) is 2.49. The zero-order valence-corrected chi connectivity index (χ0v) is 10.9. The number of hydrogen-bond acceptors (Lipinski definition) is 3. The van der Waals surface area contributed by atoms with Crippen LogP contribution >= 0.6 is 0 Å². The maximum atomic E-state index is 12.4. The summed E-state index contributed by atoms with van der Waals surface area (Å²) in [6.45, 7) is 2.32. The third-order valence-electron chi connectivity index (χ3n) is 3.42. The molecule has 0 aliphatic carbocycles. The number of aryl methyl sites for hydroxylation is 1. The Morgan fingerprint density at radius 1 is 1.25 bits per heavy atom. The van der Waals surface area contributed by atoms with Gasteiger partial charge in [-0.25, -0.2) is 4.79 Å². The maximum Gasteiger partial charge on any atom is 0.335 e. The normalized spacial score (nSPS) is 13.3. The highest BCUT2D eigenvalue weighted by Gasteiger charge is 2.27. The van der Waals surface area contributed by atoms with Crippen LogP contribution in [0.3, 0.4) is 0 Å². The molecule has 1 aliphatic heterocycles. The van der Waals surface area contributed by atoms with Crippen molar-refractivity contribution in [3.63, 3.8) is 0 Å². The van der Waals surface area contributed by atoms with Crippen molar-refractivity contribution in [1.82, 2.24) is 0 Å². The first-order valence-electron chi connectivity index (χ1n) is 6.31. The fourth-order valence-corrected chi connectivity index (χ4v) is 2.43. The molecule has 0 atom stereocenters. The summed E-state index contributed by atoms with van der Waals surface area (Å²) in [5.41, 5.74) is 1.88. The standard InChI is InChI=1S/C15H13NO4/c1-9-2-5-13(20-9)14(17)16-7-6-10-8-11(15(18)19)3-4-12(10)16/h2-5,8H,6-7H2,1H3,(H,18,19). The average molecular weight is 271 g/mol. The first-order chi connectivity index (χ1) is 9.56. The second kappa shape index (κ2) is 4.52. The van der Waals surface area contributed by atoms with Crippen LogP contribution < -0.4 is 4.90 Å². The van der Waals surface area contributed by atoms with E-state index in [1.165, 1.54) is 6.07 Å². The van der Waals surface area contributed by atoms with E-state index in [2.05, 4.69) is 0 Å². The highest BCUT2D eigenvalue weighted by Crippen LogP contribution is 2.30. The van der Waals surface area contributed by atoms with Crippen molar-refractivity contribution >= 4 is 17.6 Å². The van der Waals surface area contributed by atoms with Crippen LogP contribution in [0.5, 0.6) is 0 Å². The quantitative estimate of drug-likeness (QED) is 0.911. The summed E-state index contributed by atoms with van der Waals surface area (Å²) in [6.07, 6.45) is 0.655. The molecule has 0 bridgehead atoms. The molecule has 1 aromatic carbocycles. The van der Waals surface area contributed by atoms with Gasteiger partial charge in [-0.1, -0.05) is 0 Å². The van der Waals surface area contributed by atoms with E-state index < -0.39 is 5.97 Å². The van der Waals surface area contributed by atoms with E-state index in [1.54, 1.807) is 36.1 Å². The lowest BCUT2D eigenvalue weighted by Crippen LogP contribution is -2.28. The molecule has 0 unspecified atom stereocenters. The number of furan rings is 1. The Balaban J connectivity index is 1.93. The van der Waals surface area contributed by atoms with Crippen LogP contribution in [0, 0.1) is 6.92 Å². The molecule has 3 rings (SSSR count). The lowest BCUT2D eigenvalue weighted by atomic mass is 10.1. The highest BCUT2D eigenvalue weighted by molar-refractivity contribution is 6.05. The Morgan fingerprint density at radius 3 is 2.70 bits per heavy atom. The van der Waals surface area contributed by atoms with Gasteiger partial charge in [0.1, 0.15) is 5.76 Å². The SMILES string of the molecule is Cc1ccc(C(=O)N2CCc3cc(C(=O)O)ccc32)o1. The molecule has 2 aromatic rings. The minimum atomic E-state index is -0.959. The fourth-order valence-electron chi connectivity index (χ4n) is 2.43. The van der Waals surface area contributed by atoms with Gasteiger partial charge in [-0.2, -0.15) is 0 Å². The molecule has 5 heteroatoms. The van der Waals surface area contributed by atoms with Crippen molar-refractivity contribution < 1.29 is 19.1 Å². The van der Waals surface area contributed by atoms with Gasteiger partial charge >= 0.3 is 5.97 Å². The Hall–Kier alpha value is -2.56. The third kappa shape index (κ3) is 1.97. The van der Waals surface area contributed by atoms with Crippen LogP contribution in [-0.2, 0) is 6.42 Å². The molecule has 0 spiro atoms. The Morgan fingerprint density at radius 2 is 2.05 bits per heavy atom. The van der Waals surface area contributed by atoms with Gasteiger partial charge in [0.25, 0.3) is 5.91 Å². The predicted molar refractivity (Wildman–Crippen MR) is 72.2 cm³/mol. The van der Waals surface area contributed by atoms with Gasteiger partial charge < -0.3 is 14.4 Å². The Labute approximate surface area is 115 Å². The maximum absolute atomic E-state index is 12.4. The molecule has 0 saturated heterocycles. The summed E-state index contributed by atoms with van der Waals surface area (Å²) in [6, 6.07) is 8.22. The summed E-state index contributed by atoms with van der Waals surface area (Å²) < 4.78 is 5.35. The summed E-state index contributed by atoms with van der Waals surface area (Å²) in [5, 5.41) is 8.98. The van der Waals surface area contributed by atoms with E-state index in [0.29, 0.717) is 24.5 Å². The summed E-state index contributed by atoms with van der Waals surface area (Å²) in [5.74, 6) is -0.161.